The molecule has 3 N–H and O–H groups in total. The number of amides is 1. The van der Waals surface area contributed by atoms with Gasteiger partial charge in [-0.2, -0.15) is 0 Å². The zero-order chi connectivity index (χ0) is 25.6. The summed E-state index contributed by atoms with van der Waals surface area (Å²) in [5.74, 6) is 0.353. The summed E-state index contributed by atoms with van der Waals surface area (Å²) in [7, 11) is 0. The van der Waals surface area contributed by atoms with Gasteiger partial charge in [-0.1, -0.05) is 67.6 Å². The lowest BCUT2D eigenvalue weighted by atomic mass is 10.1. The van der Waals surface area contributed by atoms with Crippen LogP contribution in [0.5, 0.6) is 0 Å². The summed E-state index contributed by atoms with van der Waals surface area (Å²) in [6.07, 6.45) is 0. The number of aryl methyl sites for hydroxylation is 1. The summed E-state index contributed by atoms with van der Waals surface area (Å²) >= 11 is 0. The SMILES string of the molecule is CCNCc1ccc(C)c(NC(=O)c2ccc(Nc3nc(-c4ccccc4)c4ccccc4n3)cc2)c1. The first kappa shape index (κ1) is 24.2. The molecule has 0 saturated heterocycles. The monoisotopic (exact) mass is 487 g/mol. The third kappa shape index (κ3) is 5.66. The maximum absolute atomic E-state index is 12.9. The van der Waals surface area contributed by atoms with Crippen molar-refractivity contribution in [3.05, 3.63) is 114 Å². The molecular formula is C31H29N5O. The molecule has 0 unspecified atom stereocenters. The van der Waals surface area contributed by atoms with E-state index in [4.69, 9.17) is 9.97 Å². The first-order valence-electron chi connectivity index (χ1n) is 12.4. The number of carbonyl (C=O) groups excluding carboxylic acids is 1. The number of aromatic nitrogens is 2. The summed E-state index contributed by atoms with van der Waals surface area (Å²) in [5.41, 5.74) is 7.11. The van der Waals surface area contributed by atoms with Crippen LogP contribution in [0, 0.1) is 6.92 Å². The van der Waals surface area contributed by atoms with Crippen molar-refractivity contribution in [2.75, 3.05) is 17.2 Å². The van der Waals surface area contributed by atoms with E-state index in [1.54, 1.807) is 12.1 Å². The number of benzene rings is 4. The molecule has 0 aliphatic carbocycles. The maximum atomic E-state index is 12.9. The second-order valence-corrected chi connectivity index (χ2v) is 8.87. The Labute approximate surface area is 216 Å². The fraction of sp³-hybridized carbons (Fsp3) is 0.129. The van der Waals surface area contributed by atoms with Gasteiger partial charge in [-0.25, -0.2) is 9.97 Å². The van der Waals surface area contributed by atoms with E-state index in [1.807, 2.05) is 85.8 Å². The average Bonchev–Trinajstić information content (AvgIpc) is 2.94. The van der Waals surface area contributed by atoms with Gasteiger partial charge in [0, 0.05) is 34.4 Å². The van der Waals surface area contributed by atoms with Crippen molar-refractivity contribution in [3.63, 3.8) is 0 Å². The van der Waals surface area contributed by atoms with Gasteiger partial charge in [0.05, 0.1) is 11.2 Å². The number of para-hydroxylation sites is 1. The Morgan fingerprint density at radius 3 is 2.38 bits per heavy atom. The van der Waals surface area contributed by atoms with E-state index in [0.717, 1.165) is 57.8 Å². The Bertz CT molecular complexity index is 1530. The molecule has 6 heteroatoms. The Balaban J connectivity index is 1.34. The van der Waals surface area contributed by atoms with Crippen molar-refractivity contribution in [1.29, 1.82) is 0 Å². The fourth-order valence-electron chi connectivity index (χ4n) is 4.16. The van der Waals surface area contributed by atoms with Crippen LogP contribution in [0.15, 0.2) is 97.1 Å². The van der Waals surface area contributed by atoms with Crippen LogP contribution in [-0.2, 0) is 6.54 Å². The van der Waals surface area contributed by atoms with Gasteiger partial charge in [-0.3, -0.25) is 4.79 Å². The number of hydrogen-bond acceptors (Lipinski definition) is 5. The van der Waals surface area contributed by atoms with E-state index in [9.17, 15) is 4.79 Å². The lowest BCUT2D eigenvalue weighted by molar-refractivity contribution is 0.102. The van der Waals surface area contributed by atoms with Crippen molar-refractivity contribution in [2.24, 2.45) is 0 Å². The fourth-order valence-corrected chi connectivity index (χ4v) is 4.16. The largest absolute Gasteiger partial charge is 0.324 e. The second kappa shape index (κ2) is 11.0. The Morgan fingerprint density at radius 1 is 0.838 bits per heavy atom. The summed E-state index contributed by atoms with van der Waals surface area (Å²) in [6, 6.07) is 31.5. The highest BCUT2D eigenvalue weighted by Gasteiger charge is 2.12. The van der Waals surface area contributed by atoms with Gasteiger partial charge >= 0.3 is 0 Å². The molecular weight excluding hydrogens is 458 g/mol. The highest BCUT2D eigenvalue weighted by molar-refractivity contribution is 6.05. The van der Waals surface area contributed by atoms with Gasteiger partial charge < -0.3 is 16.0 Å². The second-order valence-electron chi connectivity index (χ2n) is 8.87. The van der Waals surface area contributed by atoms with Crippen LogP contribution in [0.1, 0.15) is 28.4 Å². The van der Waals surface area contributed by atoms with Crippen molar-refractivity contribution >= 4 is 34.1 Å². The van der Waals surface area contributed by atoms with Gasteiger partial charge in [-0.15, -0.1) is 0 Å². The highest BCUT2D eigenvalue weighted by atomic mass is 16.1. The Morgan fingerprint density at radius 2 is 1.59 bits per heavy atom. The van der Waals surface area contributed by atoms with Crippen LogP contribution in [0.3, 0.4) is 0 Å². The van der Waals surface area contributed by atoms with Crippen LogP contribution >= 0.6 is 0 Å². The molecule has 0 aliphatic rings. The molecule has 1 heterocycles. The third-order valence-electron chi connectivity index (χ3n) is 6.18. The Hall–Kier alpha value is -4.55. The lowest BCUT2D eigenvalue weighted by Gasteiger charge is -2.12. The van der Waals surface area contributed by atoms with Gasteiger partial charge in [0.15, 0.2) is 0 Å². The highest BCUT2D eigenvalue weighted by Crippen LogP contribution is 2.28. The minimum absolute atomic E-state index is 0.149. The first-order chi connectivity index (χ1) is 18.1. The predicted octanol–water partition coefficient (Wildman–Crippen LogP) is 6.71. The predicted molar refractivity (Wildman–Crippen MR) is 151 cm³/mol. The van der Waals surface area contributed by atoms with Gasteiger partial charge in [0.1, 0.15) is 0 Å². The number of nitrogens with one attached hydrogen (secondary N) is 3. The Kier molecular flexibility index (Phi) is 7.19. The molecule has 0 saturated carbocycles. The number of hydrogen-bond donors (Lipinski definition) is 3. The minimum atomic E-state index is -0.149. The molecule has 37 heavy (non-hydrogen) atoms. The number of anilines is 3. The minimum Gasteiger partial charge on any atom is -0.324 e. The van der Waals surface area contributed by atoms with Crippen molar-refractivity contribution in [1.82, 2.24) is 15.3 Å². The van der Waals surface area contributed by atoms with E-state index in [-0.39, 0.29) is 5.91 Å². The molecule has 0 radical (unpaired) electrons. The van der Waals surface area contributed by atoms with Crippen LogP contribution in [0.2, 0.25) is 0 Å². The average molecular weight is 488 g/mol. The van der Waals surface area contributed by atoms with Gasteiger partial charge in [0.25, 0.3) is 5.91 Å². The molecule has 1 aromatic heterocycles. The summed E-state index contributed by atoms with van der Waals surface area (Å²) < 4.78 is 0. The molecule has 4 aromatic carbocycles. The molecule has 6 nitrogen and oxygen atoms in total. The van der Waals surface area contributed by atoms with Crippen molar-refractivity contribution in [3.8, 4) is 11.3 Å². The zero-order valence-corrected chi connectivity index (χ0v) is 21.0. The first-order valence-corrected chi connectivity index (χ1v) is 12.4. The molecule has 184 valence electrons. The molecule has 5 rings (SSSR count). The quantitative estimate of drug-likeness (QED) is 0.227. The van der Waals surface area contributed by atoms with Crippen LogP contribution in [0.25, 0.3) is 22.2 Å². The van der Waals surface area contributed by atoms with Gasteiger partial charge in [0.2, 0.25) is 5.95 Å². The number of fused-ring (bicyclic) bond motifs is 1. The molecule has 1 amide bonds. The summed E-state index contributed by atoms with van der Waals surface area (Å²) in [4.78, 5) is 22.5. The number of carbonyl (C=O) groups is 1. The van der Waals surface area contributed by atoms with E-state index >= 15 is 0 Å². The molecule has 0 fully saturated rings. The molecule has 5 aromatic rings. The number of nitrogens with zero attached hydrogens (tertiary/aromatic N) is 2. The zero-order valence-electron chi connectivity index (χ0n) is 21.0. The topological polar surface area (TPSA) is 78.9 Å². The molecule has 0 atom stereocenters. The van der Waals surface area contributed by atoms with Crippen LogP contribution in [-0.4, -0.2) is 22.4 Å². The lowest BCUT2D eigenvalue weighted by Crippen LogP contribution is -2.15. The van der Waals surface area contributed by atoms with E-state index < -0.39 is 0 Å². The summed E-state index contributed by atoms with van der Waals surface area (Å²) in [5, 5.41) is 10.7. The van der Waals surface area contributed by atoms with E-state index in [1.165, 1.54) is 0 Å². The third-order valence-corrected chi connectivity index (χ3v) is 6.18. The van der Waals surface area contributed by atoms with Crippen LogP contribution in [0.4, 0.5) is 17.3 Å². The standard InChI is InChI=1S/C31H29N5O/c1-3-32-20-22-14-13-21(2)28(19-22)34-30(37)24-15-17-25(18-16-24)33-31-35-27-12-8-7-11-26(27)29(36-31)23-9-5-4-6-10-23/h4-19,32H,3,20H2,1-2H3,(H,34,37)(H,33,35,36). The molecule has 0 spiro atoms. The van der Waals surface area contributed by atoms with E-state index in [2.05, 4.69) is 28.9 Å². The van der Waals surface area contributed by atoms with E-state index in [0.29, 0.717) is 11.5 Å². The normalized spacial score (nSPS) is 10.9. The summed E-state index contributed by atoms with van der Waals surface area (Å²) in [6.45, 7) is 5.73. The molecule has 0 bridgehead atoms. The van der Waals surface area contributed by atoms with Crippen molar-refractivity contribution < 1.29 is 4.79 Å². The molecule has 0 aliphatic heterocycles. The van der Waals surface area contributed by atoms with Crippen molar-refractivity contribution in [2.45, 2.75) is 20.4 Å². The smallest absolute Gasteiger partial charge is 0.255 e. The maximum Gasteiger partial charge on any atom is 0.255 e. The van der Waals surface area contributed by atoms with Gasteiger partial charge in [-0.05, 0) is 61.0 Å². The van der Waals surface area contributed by atoms with Crippen LogP contribution < -0.4 is 16.0 Å². The number of rotatable bonds is 8.